The Labute approximate surface area is 176 Å². The van der Waals surface area contributed by atoms with E-state index in [-0.39, 0.29) is 49.0 Å². The normalized spacial score (nSPS) is 41.0. The minimum atomic E-state index is -4.08. The van der Waals surface area contributed by atoms with Crippen molar-refractivity contribution in [2.75, 3.05) is 26.7 Å². The van der Waals surface area contributed by atoms with Gasteiger partial charge in [-0.25, -0.2) is 10.4 Å². The number of carbonyl (C=O) groups excluding carboxylic acids is 1. The van der Waals surface area contributed by atoms with Crippen molar-refractivity contribution in [2.45, 2.75) is 75.9 Å². The molecule has 3 aliphatic heterocycles. The number of hydrazine groups is 2. The maximum atomic E-state index is 13.1. The maximum Gasteiger partial charge on any atom is 0.391 e. The van der Waals surface area contributed by atoms with E-state index in [0.717, 1.165) is 19.5 Å². The molecule has 0 spiro atoms. The van der Waals surface area contributed by atoms with E-state index in [1.165, 1.54) is 0 Å². The molecule has 4 fully saturated rings. The Balaban J connectivity index is 1.46. The minimum Gasteiger partial charge on any atom is -0.341 e. The van der Waals surface area contributed by atoms with Crippen molar-refractivity contribution in [1.29, 1.82) is 0 Å². The standard InChI is InChI=1S/C20H35F3N6O/c1-3-17(30)29-9-8-14-15(11-29)24-19(25-18(14)16-10-28(2)27-26-16)12-4-6-13(7-5-12)20(21,22)23/h12-16,18-19,24-27H,3-11H2,1-2H3. The van der Waals surface area contributed by atoms with Gasteiger partial charge >= 0.3 is 6.18 Å². The van der Waals surface area contributed by atoms with E-state index in [1.807, 2.05) is 23.9 Å². The molecule has 4 aliphatic rings. The first kappa shape index (κ1) is 22.3. The number of halogens is 3. The second-order valence-electron chi connectivity index (χ2n) is 9.49. The Kier molecular flexibility index (Phi) is 6.60. The molecule has 5 unspecified atom stereocenters. The zero-order valence-corrected chi connectivity index (χ0v) is 17.8. The maximum absolute atomic E-state index is 13.1. The minimum absolute atomic E-state index is 0.0187. The van der Waals surface area contributed by atoms with Crippen LogP contribution in [0.1, 0.15) is 45.4 Å². The first-order valence-electron chi connectivity index (χ1n) is 11.3. The molecule has 10 heteroatoms. The van der Waals surface area contributed by atoms with Crippen LogP contribution in [0, 0.1) is 17.8 Å². The van der Waals surface area contributed by atoms with Crippen LogP contribution in [-0.4, -0.2) is 73.0 Å². The zero-order chi connectivity index (χ0) is 21.5. The summed E-state index contributed by atoms with van der Waals surface area (Å²) in [6.07, 6.45) is -1.10. The molecule has 3 heterocycles. The van der Waals surface area contributed by atoms with Gasteiger partial charge in [-0.2, -0.15) is 18.7 Å². The number of carbonyl (C=O) groups is 1. The quantitative estimate of drug-likeness (QED) is 0.537. The lowest BCUT2D eigenvalue weighted by Gasteiger charge is -2.52. The number of nitrogens with one attached hydrogen (secondary N) is 4. The highest BCUT2D eigenvalue weighted by molar-refractivity contribution is 5.76. The van der Waals surface area contributed by atoms with E-state index in [4.69, 9.17) is 0 Å². The SMILES string of the molecule is CCC(=O)N1CCC2C(C1)NC(C1CCC(C(F)(F)F)CC1)NC2C1CN(C)NN1. The summed E-state index contributed by atoms with van der Waals surface area (Å²) in [5, 5.41) is 9.49. The molecule has 172 valence electrons. The molecule has 0 aromatic rings. The first-order chi connectivity index (χ1) is 14.3. The number of fused-ring (bicyclic) bond motifs is 1. The lowest BCUT2D eigenvalue weighted by Crippen LogP contribution is -2.73. The number of hydrogen-bond donors (Lipinski definition) is 4. The van der Waals surface area contributed by atoms with Crippen molar-refractivity contribution < 1.29 is 18.0 Å². The van der Waals surface area contributed by atoms with Crippen molar-refractivity contribution in [3.63, 3.8) is 0 Å². The number of likely N-dealkylation sites (tertiary alicyclic amines) is 1. The van der Waals surface area contributed by atoms with Gasteiger partial charge in [0.2, 0.25) is 5.91 Å². The van der Waals surface area contributed by atoms with Gasteiger partial charge in [-0.3, -0.25) is 15.4 Å². The van der Waals surface area contributed by atoms with Gasteiger partial charge in [0, 0.05) is 45.2 Å². The topological polar surface area (TPSA) is 71.7 Å². The molecule has 3 saturated heterocycles. The summed E-state index contributed by atoms with van der Waals surface area (Å²) >= 11 is 0. The van der Waals surface area contributed by atoms with Crippen LogP contribution >= 0.6 is 0 Å². The average molecular weight is 433 g/mol. The third-order valence-corrected chi connectivity index (χ3v) is 7.60. The summed E-state index contributed by atoms with van der Waals surface area (Å²) in [6.45, 7) is 4.19. The fourth-order valence-corrected chi connectivity index (χ4v) is 5.89. The van der Waals surface area contributed by atoms with Gasteiger partial charge in [0.1, 0.15) is 0 Å². The monoisotopic (exact) mass is 432 g/mol. The Bertz CT molecular complexity index is 612. The van der Waals surface area contributed by atoms with E-state index in [9.17, 15) is 18.0 Å². The number of nitrogens with zero attached hydrogens (tertiary/aromatic N) is 2. The molecular weight excluding hydrogens is 397 g/mol. The predicted octanol–water partition coefficient (Wildman–Crippen LogP) is 1.19. The number of hydrogen-bond acceptors (Lipinski definition) is 6. The van der Waals surface area contributed by atoms with Crippen LogP contribution in [0.15, 0.2) is 0 Å². The molecule has 0 radical (unpaired) electrons. The highest BCUT2D eigenvalue weighted by atomic mass is 19.4. The number of piperidine rings is 1. The highest BCUT2D eigenvalue weighted by Gasteiger charge is 2.48. The van der Waals surface area contributed by atoms with Gasteiger partial charge in [0.25, 0.3) is 0 Å². The Hall–Kier alpha value is -0.940. The summed E-state index contributed by atoms with van der Waals surface area (Å²) in [6, 6.07) is 0.587. The molecule has 1 amide bonds. The Morgan fingerprint density at radius 2 is 1.77 bits per heavy atom. The van der Waals surface area contributed by atoms with Gasteiger partial charge in [-0.15, -0.1) is 0 Å². The molecule has 0 aromatic carbocycles. The third-order valence-electron chi connectivity index (χ3n) is 7.60. The lowest BCUT2D eigenvalue weighted by atomic mass is 9.75. The average Bonchev–Trinajstić information content (AvgIpc) is 3.17. The first-order valence-corrected chi connectivity index (χ1v) is 11.3. The van der Waals surface area contributed by atoms with Crippen molar-refractivity contribution in [1.82, 2.24) is 31.5 Å². The molecule has 1 aliphatic carbocycles. The van der Waals surface area contributed by atoms with Crippen molar-refractivity contribution >= 4 is 5.91 Å². The van der Waals surface area contributed by atoms with E-state index >= 15 is 0 Å². The van der Waals surface area contributed by atoms with Gasteiger partial charge < -0.3 is 4.90 Å². The second-order valence-corrected chi connectivity index (χ2v) is 9.49. The third kappa shape index (κ3) is 4.62. The predicted molar refractivity (Wildman–Crippen MR) is 107 cm³/mol. The molecule has 4 rings (SSSR count). The van der Waals surface area contributed by atoms with Gasteiger partial charge in [-0.05, 0) is 43.9 Å². The van der Waals surface area contributed by atoms with Crippen LogP contribution < -0.4 is 21.6 Å². The summed E-state index contributed by atoms with van der Waals surface area (Å²) in [5.41, 5.74) is 6.51. The van der Waals surface area contributed by atoms with Crippen LogP contribution in [-0.2, 0) is 4.79 Å². The molecule has 0 bridgehead atoms. The Morgan fingerprint density at radius 3 is 2.37 bits per heavy atom. The number of rotatable bonds is 3. The van der Waals surface area contributed by atoms with Crippen LogP contribution in [0.25, 0.3) is 0 Å². The molecule has 1 saturated carbocycles. The smallest absolute Gasteiger partial charge is 0.341 e. The molecule has 30 heavy (non-hydrogen) atoms. The number of amides is 1. The summed E-state index contributed by atoms with van der Waals surface area (Å²) in [5.74, 6) is -0.439. The van der Waals surface area contributed by atoms with E-state index in [2.05, 4.69) is 21.6 Å². The van der Waals surface area contributed by atoms with E-state index < -0.39 is 12.1 Å². The van der Waals surface area contributed by atoms with Gasteiger partial charge in [0.05, 0.1) is 18.1 Å². The van der Waals surface area contributed by atoms with Crippen LogP contribution in [0.5, 0.6) is 0 Å². The molecule has 5 atom stereocenters. The molecule has 4 N–H and O–H groups in total. The number of likely N-dealkylation sites (N-methyl/N-ethyl adjacent to an activating group) is 1. The lowest BCUT2D eigenvalue weighted by molar-refractivity contribution is -0.185. The van der Waals surface area contributed by atoms with Crippen LogP contribution in [0.4, 0.5) is 13.2 Å². The Morgan fingerprint density at radius 1 is 1.03 bits per heavy atom. The fourth-order valence-electron chi connectivity index (χ4n) is 5.89. The fraction of sp³-hybridized carbons (Fsp3) is 0.950. The van der Waals surface area contributed by atoms with Crippen molar-refractivity contribution in [3.8, 4) is 0 Å². The molecular formula is C20H35F3N6O. The van der Waals surface area contributed by atoms with Crippen LogP contribution in [0.3, 0.4) is 0 Å². The van der Waals surface area contributed by atoms with Crippen LogP contribution in [0.2, 0.25) is 0 Å². The highest BCUT2D eigenvalue weighted by Crippen LogP contribution is 2.41. The van der Waals surface area contributed by atoms with E-state index in [0.29, 0.717) is 31.7 Å². The van der Waals surface area contributed by atoms with Gasteiger partial charge in [-0.1, -0.05) is 6.92 Å². The summed E-state index contributed by atoms with van der Waals surface area (Å²) in [7, 11) is 1.99. The zero-order valence-electron chi connectivity index (χ0n) is 17.8. The van der Waals surface area contributed by atoms with Gasteiger partial charge in [0.15, 0.2) is 0 Å². The largest absolute Gasteiger partial charge is 0.391 e. The molecule has 0 aromatic heterocycles. The van der Waals surface area contributed by atoms with Crippen molar-refractivity contribution in [2.24, 2.45) is 17.8 Å². The number of alkyl halides is 3. The summed E-state index contributed by atoms with van der Waals surface area (Å²) < 4.78 is 39.3. The van der Waals surface area contributed by atoms with E-state index in [1.54, 1.807) is 0 Å². The van der Waals surface area contributed by atoms with Crippen molar-refractivity contribution in [3.05, 3.63) is 0 Å². The second kappa shape index (κ2) is 8.90. The molecule has 7 nitrogen and oxygen atoms in total. The summed E-state index contributed by atoms with van der Waals surface area (Å²) in [4.78, 5) is 14.2.